The van der Waals surface area contributed by atoms with Crippen LogP contribution in [-0.2, 0) is 0 Å². The van der Waals surface area contributed by atoms with Crippen molar-refractivity contribution in [3.05, 3.63) is 239 Å². The number of hydrogen-bond donors (Lipinski definition) is 0. The van der Waals surface area contributed by atoms with Crippen molar-refractivity contribution in [3.63, 3.8) is 0 Å². The Morgan fingerprint density at radius 3 is 1.29 bits per heavy atom. The molecule has 0 amide bonds. The summed E-state index contributed by atoms with van der Waals surface area (Å²) in [5.74, 6) is 0.469. The van der Waals surface area contributed by atoms with Gasteiger partial charge in [0.25, 0.3) is 0 Å². The summed E-state index contributed by atoms with van der Waals surface area (Å²) in [5, 5.41) is 13.2. The highest BCUT2D eigenvalue weighted by Gasteiger charge is 2.25. The van der Waals surface area contributed by atoms with Gasteiger partial charge in [-0.2, -0.15) is 0 Å². The van der Waals surface area contributed by atoms with Gasteiger partial charge in [0.05, 0.1) is 0 Å². The standard InChI is InChI=1S/C38H34.C31H26.CH4/c1-6-13-33-29(7-2)25(4)32-19-12-14-24(3)36(32)38(33)28-22-20-27(21-23-28)37-34-17-10-8-15-30(34)26(5)31-16-9-11-18-35(31)37;1-5-6-13-23-20(2)24-14-7-10-17-27(24)30(22(23)4)31-28-18-11-8-15-25(28)21(3)26-16-9-12-19-29(26)31;/h6-13,15-24H,2,14H2,1,3-5H3;5-19H,1H2,2-4H3;1H4/b2*13-6-;. The fourth-order valence-corrected chi connectivity index (χ4v) is 11.7. The molecule has 0 bridgehead atoms. The second-order valence-electron chi connectivity index (χ2n) is 18.8. The quantitative estimate of drug-likeness (QED) is 0.110. The van der Waals surface area contributed by atoms with E-state index in [1.807, 2.05) is 18.2 Å². The molecule has 10 aromatic rings. The van der Waals surface area contributed by atoms with Gasteiger partial charge >= 0.3 is 0 Å². The summed E-state index contributed by atoms with van der Waals surface area (Å²) in [5.41, 5.74) is 21.1. The summed E-state index contributed by atoms with van der Waals surface area (Å²) in [6.07, 6.45) is 18.2. The van der Waals surface area contributed by atoms with Crippen LogP contribution in [0, 0.1) is 34.6 Å². The van der Waals surface area contributed by atoms with Gasteiger partial charge in [0, 0.05) is 0 Å². The van der Waals surface area contributed by atoms with Gasteiger partial charge in [-0.1, -0.05) is 222 Å². The van der Waals surface area contributed by atoms with E-state index in [2.05, 4.69) is 238 Å². The van der Waals surface area contributed by atoms with E-state index in [9.17, 15) is 0 Å². The zero-order valence-electron chi connectivity index (χ0n) is 41.2. The fraction of sp³-hybridized carbons (Fsp3) is 0.143. The molecule has 0 fully saturated rings. The van der Waals surface area contributed by atoms with Crippen LogP contribution in [0.2, 0.25) is 0 Å². The van der Waals surface area contributed by atoms with Crippen molar-refractivity contribution in [3.8, 4) is 33.4 Å². The fourth-order valence-electron chi connectivity index (χ4n) is 11.7. The van der Waals surface area contributed by atoms with Crippen LogP contribution in [0.1, 0.15) is 89.2 Å². The van der Waals surface area contributed by atoms with Crippen LogP contribution >= 0.6 is 0 Å². The summed E-state index contributed by atoms with van der Waals surface area (Å²) in [4.78, 5) is 0. The molecule has 70 heavy (non-hydrogen) atoms. The van der Waals surface area contributed by atoms with E-state index in [0.29, 0.717) is 5.92 Å². The molecule has 0 aliphatic heterocycles. The molecule has 10 aromatic carbocycles. The van der Waals surface area contributed by atoms with Crippen LogP contribution in [0.4, 0.5) is 0 Å². The highest BCUT2D eigenvalue weighted by atomic mass is 14.3. The third kappa shape index (κ3) is 7.83. The van der Waals surface area contributed by atoms with Crippen molar-refractivity contribution in [2.75, 3.05) is 0 Å². The first-order chi connectivity index (χ1) is 33.7. The molecule has 11 rings (SSSR count). The molecular formula is C70H64. The Hall–Kier alpha value is -7.80. The molecule has 0 aromatic heterocycles. The topological polar surface area (TPSA) is 0 Å². The van der Waals surface area contributed by atoms with Crippen molar-refractivity contribution >= 4 is 78.2 Å². The highest BCUT2D eigenvalue weighted by Crippen LogP contribution is 2.47. The van der Waals surface area contributed by atoms with Crippen LogP contribution in [-0.4, -0.2) is 0 Å². The summed E-state index contributed by atoms with van der Waals surface area (Å²) in [6.45, 7) is 23.8. The van der Waals surface area contributed by atoms with Gasteiger partial charge in [-0.25, -0.2) is 0 Å². The zero-order chi connectivity index (χ0) is 47.9. The third-order valence-electron chi connectivity index (χ3n) is 15.0. The summed E-state index contributed by atoms with van der Waals surface area (Å²) in [7, 11) is 0. The van der Waals surface area contributed by atoms with Crippen LogP contribution in [0.25, 0.3) is 112 Å². The lowest BCUT2D eigenvalue weighted by Gasteiger charge is -2.28. The number of benzene rings is 10. The van der Waals surface area contributed by atoms with Gasteiger partial charge in [-0.3, -0.25) is 0 Å². The Morgan fingerprint density at radius 2 is 0.843 bits per heavy atom. The lowest BCUT2D eigenvalue weighted by Crippen LogP contribution is -2.08. The molecule has 0 N–H and O–H groups in total. The number of fused-ring (bicyclic) bond motifs is 6. The summed E-state index contributed by atoms with van der Waals surface area (Å²) >= 11 is 0. The van der Waals surface area contributed by atoms with E-state index in [1.165, 1.54) is 143 Å². The lowest BCUT2D eigenvalue weighted by atomic mass is 9.76. The molecule has 0 spiro atoms. The molecule has 0 radical (unpaired) electrons. The van der Waals surface area contributed by atoms with Crippen LogP contribution < -0.4 is 0 Å². The van der Waals surface area contributed by atoms with Gasteiger partial charge < -0.3 is 0 Å². The predicted octanol–water partition coefficient (Wildman–Crippen LogP) is 20.7. The van der Waals surface area contributed by atoms with E-state index >= 15 is 0 Å². The first-order valence-electron chi connectivity index (χ1n) is 24.5. The Balaban J connectivity index is 0.000000175. The van der Waals surface area contributed by atoms with Gasteiger partial charge in [0.15, 0.2) is 0 Å². The average Bonchev–Trinajstić information content (AvgIpc) is 3.38. The van der Waals surface area contributed by atoms with Crippen molar-refractivity contribution in [1.29, 1.82) is 0 Å². The molecular weight excluding hydrogens is 841 g/mol. The van der Waals surface area contributed by atoms with Crippen molar-refractivity contribution < 1.29 is 0 Å². The van der Waals surface area contributed by atoms with Crippen molar-refractivity contribution in [1.82, 2.24) is 0 Å². The maximum Gasteiger partial charge on any atom is -0.00175 e. The molecule has 1 aliphatic rings. The molecule has 0 nitrogen and oxygen atoms in total. The van der Waals surface area contributed by atoms with Gasteiger partial charge in [-0.05, 0) is 197 Å². The van der Waals surface area contributed by atoms with E-state index in [1.54, 1.807) is 0 Å². The molecule has 344 valence electrons. The predicted molar refractivity (Wildman–Crippen MR) is 313 cm³/mol. The monoisotopic (exact) mass is 905 g/mol. The van der Waals surface area contributed by atoms with Crippen molar-refractivity contribution in [2.24, 2.45) is 0 Å². The number of rotatable bonds is 7. The number of allylic oxidation sites excluding steroid dienone is 4. The van der Waals surface area contributed by atoms with Gasteiger partial charge in [0.1, 0.15) is 0 Å². The highest BCUT2D eigenvalue weighted by molar-refractivity contribution is 6.20. The Morgan fingerprint density at radius 1 is 0.429 bits per heavy atom. The SMILES string of the molecule is C.C=C/C=C\c1c(C)c(-c2c3ccccc3c(C)c3ccccc23)c2ccccc2c1C.C=Cc1c(C)c2c(c(-c3ccc(-c4c5ccccc5c(C)c5ccccc45)cc3)c1/C=C\C)C(C)CC=C2. The summed E-state index contributed by atoms with van der Waals surface area (Å²) < 4.78 is 0. The van der Waals surface area contributed by atoms with Crippen LogP contribution in [0.15, 0.2) is 183 Å². The Bertz CT molecular complexity index is 3670. The van der Waals surface area contributed by atoms with Crippen LogP contribution in [0.5, 0.6) is 0 Å². The maximum absolute atomic E-state index is 4.20. The molecule has 1 aliphatic carbocycles. The Kier molecular flexibility index (Phi) is 13.3. The third-order valence-corrected chi connectivity index (χ3v) is 15.0. The second-order valence-corrected chi connectivity index (χ2v) is 18.8. The lowest BCUT2D eigenvalue weighted by molar-refractivity contribution is 0.771. The first-order valence-corrected chi connectivity index (χ1v) is 24.5. The minimum absolute atomic E-state index is 0. The molecule has 0 saturated heterocycles. The molecule has 1 unspecified atom stereocenters. The van der Waals surface area contributed by atoms with Gasteiger partial charge in [-0.15, -0.1) is 0 Å². The normalized spacial score (nSPS) is 13.3. The molecule has 1 atom stereocenters. The minimum atomic E-state index is 0. The average molecular weight is 905 g/mol. The first kappa shape index (κ1) is 47.3. The Labute approximate surface area is 416 Å². The summed E-state index contributed by atoms with van der Waals surface area (Å²) in [6, 6.07) is 53.4. The van der Waals surface area contributed by atoms with E-state index in [-0.39, 0.29) is 7.43 Å². The van der Waals surface area contributed by atoms with E-state index < -0.39 is 0 Å². The smallest absolute Gasteiger partial charge is 0.00175 e. The maximum atomic E-state index is 4.20. The van der Waals surface area contributed by atoms with Gasteiger partial charge in [0.2, 0.25) is 0 Å². The number of hydrogen-bond acceptors (Lipinski definition) is 0. The number of aryl methyl sites for hydroxylation is 3. The minimum Gasteiger partial charge on any atom is -0.0991 e. The van der Waals surface area contributed by atoms with E-state index in [0.717, 1.165) is 6.42 Å². The second kappa shape index (κ2) is 19.7. The molecule has 0 saturated carbocycles. The molecule has 0 heteroatoms. The largest absolute Gasteiger partial charge is 0.0991 e. The molecule has 0 heterocycles. The zero-order valence-corrected chi connectivity index (χ0v) is 41.2. The van der Waals surface area contributed by atoms with Crippen LogP contribution in [0.3, 0.4) is 0 Å². The van der Waals surface area contributed by atoms with Crippen molar-refractivity contribution in [2.45, 2.75) is 68.2 Å². The van der Waals surface area contributed by atoms with E-state index in [4.69, 9.17) is 0 Å².